The number of aliphatic hydroxyl groups excluding tert-OH is 1. The molecule has 0 bridgehead atoms. The molecule has 9 heteroatoms. The van der Waals surface area contributed by atoms with Gasteiger partial charge < -0.3 is 28.8 Å². The van der Waals surface area contributed by atoms with Crippen molar-refractivity contribution in [2.75, 3.05) is 40.9 Å². The lowest BCUT2D eigenvalue weighted by Gasteiger charge is -2.29. The second kappa shape index (κ2) is 68.1. The molecule has 0 aliphatic carbocycles. The normalized spacial score (nSPS) is 13.7. The van der Waals surface area contributed by atoms with E-state index in [0.29, 0.717) is 17.4 Å². The van der Waals surface area contributed by atoms with Crippen LogP contribution in [0.15, 0.2) is 36.5 Å². The topological polar surface area (TPSA) is 108 Å². The summed E-state index contributed by atoms with van der Waals surface area (Å²) in [7, 11) is 1.25. The maximum Gasteiger partial charge on any atom is 0.268 e. The molecule has 0 aromatic carbocycles. The van der Waals surface area contributed by atoms with Crippen molar-refractivity contribution in [1.29, 1.82) is 0 Å². The first-order valence-electron chi connectivity index (χ1n) is 38.4. The van der Waals surface area contributed by atoms with Crippen LogP contribution in [0.25, 0.3) is 0 Å². The Morgan fingerprint density at radius 3 is 0.942 bits per heavy atom. The highest BCUT2D eigenvalue weighted by atomic mass is 31.2. The Balaban J connectivity index is 4.03. The average molecular weight is 1230 g/mol. The Bertz CT molecular complexity index is 1500. The van der Waals surface area contributed by atoms with Crippen molar-refractivity contribution >= 4 is 13.7 Å². The number of carbonyl (C=O) groups is 1. The van der Waals surface area contributed by atoms with Crippen LogP contribution < -0.4 is 10.2 Å². The minimum atomic E-state index is -4.62. The van der Waals surface area contributed by atoms with Gasteiger partial charge in [0.1, 0.15) is 13.2 Å². The molecule has 0 saturated carbocycles. The van der Waals surface area contributed by atoms with Crippen molar-refractivity contribution in [2.45, 2.75) is 411 Å². The van der Waals surface area contributed by atoms with E-state index in [1.807, 2.05) is 27.2 Å². The van der Waals surface area contributed by atoms with Gasteiger partial charge in [-0.05, 0) is 44.9 Å². The highest BCUT2D eigenvalue weighted by Gasteiger charge is 2.23. The zero-order valence-electron chi connectivity index (χ0n) is 58.5. The summed E-state index contributed by atoms with van der Waals surface area (Å²) < 4.78 is 23.5. The number of phosphoric acid groups is 1. The molecule has 0 aliphatic rings. The number of quaternary nitrogens is 1. The lowest BCUT2D eigenvalue weighted by Crippen LogP contribution is -2.45. The summed E-state index contributed by atoms with van der Waals surface area (Å²) in [6, 6.07) is -0.910. The van der Waals surface area contributed by atoms with Crippen LogP contribution >= 0.6 is 7.82 Å². The SMILES string of the molecule is CCCCCCCCCCCCCCCCCCCCCCC/C=C/CC/C=C/CC/C=C/C(O)C(COP(=O)([O-])OCC[N+](C)(C)C)NC(=O)CCCCCCCCCCCCCCCCCCCCCCCCCCCCCCCCCCC. The van der Waals surface area contributed by atoms with Crippen molar-refractivity contribution in [3.8, 4) is 0 Å². The number of nitrogens with one attached hydrogen (secondary N) is 1. The van der Waals surface area contributed by atoms with E-state index in [4.69, 9.17) is 9.05 Å². The number of likely N-dealkylation sites (N-methyl/N-ethyl adjacent to an activating group) is 1. The molecule has 0 heterocycles. The van der Waals surface area contributed by atoms with Gasteiger partial charge in [-0.15, -0.1) is 0 Å². The second-order valence-corrected chi connectivity index (χ2v) is 29.1. The van der Waals surface area contributed by atoms with Gasteiger partial charge in [0.05, 0.1) is 39.9 Å². The minimum absolute atomic E-state index is 0.00697. The third-order valence-corrected chi connectivity index (χ3v) is 18.8. The van der Waals surface area contributed by atoms with Gasteiger partial charge >= 0.3 is 0 Å². The van der Waals surface area contributed by atoms with E-state index in [1.165, 1.54) is 334 Å². The molecule has 0 spiro atoms. The van der Waals surface area contributed by atoms with Gasteiger partial charge in [0.2, 0.25) is 5.91 Å². The van der Waals surface area contributed by atoms with Gasteiger partial charge in [0.25, 0.3) is 7.82 Å². The molecule has 1 amide bonds. The Labute approximate surface area is 537 Å². The summed E-state index contributed by atoms with van der Waals surface area (Å²) in [4.78, 5) is 25.7. The highest BCUT2D eigenvalue weighted by Crippen LogP contribution is 2.38. The maximum absolute atomic E-state index is 13.1. The summed E-state index contributed by atoms with van der Waals surface area (Å²) in [6.45, 7) is 4.69. The molecule has 3 unspecified atom stereocenters. The molecule has 0 fully saturated rings. The van der Waals surface area contributed by atoms with E-state index in [-0.39, 0.29) is 12.5 Å². The molecule has 0 rings (SSSR count). The molecule has 2 N–H and O–H groups in total. The van der Waals surface area contributed by atoms with Crippen LogP contribution in [0.4, 0.5) is 0 Å². The van der Waals surface area contributed by atoms with Gasteiger partial charge in [0, 0.05) is 6.42 Å². The number of allylic oxidation sites excluding steroid dienone is 5. The molecule has 510 valence electrons. The number of hydrogen-bond donors (Lipinski definition) is 2. The van der Waals surface area contributed by atoms with Gasteiger partial charge in [-0.3, -0.25) is 9.36 Å². The van der Waals surface area contributed by atoms with E-state index in [1.54, 1.807) is 6.08 Å². The van der Waals surface area contributed by atoms with E-state index >= 15 is 0 Å². The van der Waals surface area contributed by atoms with Crippen LogP contribution in [-0.4, -0.2) is 68.5 Å². The van der Waals surface area contributed by atoms with Crippen molar-refractivity contribution in [3.05, 3.63) is 36.5 Å². The van der Waals surface area contributed by atoms with Crippen LogP contribution in [0.2, 0.25) is 0 Å². The molecule has 0 aromatic rings. The molecule has 3 atom stereocenters. The van der Waals surface area contributed by atoms with Crippen molar-refractivity contribution in [3.63, 3.8) is 0 Å². The Hall–Kier alpha value is -1.28. The predicted molar refractivity (Wildman–Crippen MR) is 376 cm³/mol. The standard InChI is InChI=1S/C77H151N2O6P/c1-6-8-10-12-14-16-18-20-22-24-26-28-30-32-34-36-38-39-41-43-45-47-49-51-53-55-57-59-61-63-65-67-69-71-77(81)78-75(74-85-86(82,83)84-73-72-79(3,4)5)76(80)70-68-66-64-62-60-58-56-54-52-50-48-46-44-42-40-37-35-33-31-29-27-25-23-21-19-17-15-13-11-9-7-2/h52,54,60,62,68,70,75-76,80H,6-51,53,55-59,61,63-67,69,71-74H2,1-5H3,(H-,78,81,82,83)/b54-52+,62-60+,70-68+. The highest BCUT2D eigenvalue weighted by molar-refractivity contribution is 7.45. The van der Waals surface area contributed by atoms with Crippen molar-refractivity contribution in [2.24, 2.45) is 0 Å². The van der Waals surface area contributed by atoms with Gasteiger partial charge in [-0.25, -0.2) is 0 Å². The summed E-state index contributed by atoms with van der Waals surface area (Å²) >= 11 is 0. The molecule has 0 aliphatic heterocycles. The fourth-order valence-corrected chi connectivity index (χ4v) is 12.6. The summed E-state index contributed by atoms with van der Waals surface area (Å²) in [5, 5.41) is 14.0. The first-order valence-corrected chi connectivity index (χ1v) is 39.8. The maximum atomic E-state index is 13.1. The molecular weight excluding hydrogens is 1080 g/mol. The number of carbonyl (C=O) groups excluding carboxylic acids is 1. The summed E-state index contributed by atoms with van der Waals surface area (Å²) in [5.41, 5.74) is 0. The van der Waals surface area contributed by atoms with E-state index in [0.717, 1.165) is 44.9 Å². The van der Waals surface area contributed by atoms with Crippen LogP contribution in [0.1, 0.15) is 399 Å². The summed E-state index contributed by atoms with van der Waals surface area (Å²) in [6.07, 6.45) is 91.7. The molecule has 86 heavy (non-hydrogen) atoms. The molecule has 0 aromatic heterocycles. The Morgan fingerprint density at radius 2 is 0.651 bits per heavy atom. The Morgan fingerprint density at radius 1 is 0.395 bits per heavy atom. The molecule has 0 saturated heterocycles. The molecular formula is C77H151N2O6P. The second-order valence-electron chi connectivity index (χ2n) is 27.7. The zero-order chi connectivity index (χ0) is 62.6. The number of amides is 1. The third kappa shape index (κ3) is 70.2. The third-order valence-electron chi connectivity index (χ3n) is 17.8. The monoisotopic (exact) mass is 1230 g/mol. The predicted octanol–water partition coefficient (Wildman–Crippen LogP) is 24.2. The summed E-state index contributed by atoms with van der Waals surface area (Å²) in [5.74, 6) is -0.202. The van der Waals surface area contributed by atoms with Crippen LogP contribution in [0.5, 0.6) is 0 Å². The fraction of sp³-hybridized carbons (Fsp3) is 0.909. The number of hydrogen-bond acceptors (Lipinski definition) is 6. The first-order chi connectivity index (χ1) is 42.0. The quantitative estimate of drug-likeness (QED) is 0.0272. The first kappa shape index (κ1) is 84.7. The number of nitrogens with zero attached hydrogens (tertiary/aromatic N) is 1. The van der Waals surface area contributed by atoms with Gasteiger partial charge in [0.15, 0.2) is 0 Å². The van der Waals surface area contributed by atoms with Gasteiger partial charge in [-0.2, -0.15) is 0 Å². The van der Waals surface area contributed by atoms with Crippen molar-refractivity contribution < 1.29 is 32.9 Å². The van der Waals surface area contributed by atoms with E-state index in [2.05, 4.69) is 43.5 Å². The fourth-order valence-electron chi connectivity index (χ4n) is 11.9. The smallest absolute Gasteiger partial charge is 0.268 e. The van der Waals surface area contributed by atoms with E-state index in [9.17, 15) is 19.4 Å². The lowest BCUT2D eigenvalue weighted by atomic mass is 10.0. The van der Waals surface area contributed by atoms with E-state index < -0.39 is 26.6 Å². The minimum Gasteiger partial charge on any atom is -0.756 e. The molecule has 0 radical (unpaired) electrons. The number of phosphoric ester groups is 1. The molecule has 8 nitrogen and oxygen atoms in total. The number of aliphatic hydroxyl groups is 1. The lowest BCUT2D eigenvalue weighted by molar-refractivity contribution is -0.870. The van der Waals surface area contributed by atoms with Gasteiger partial charge in [-0.1, -0.05) is 384 Å². The number of unbranched alkanes of at least 4 members (excludes halogenated alkanes) is 55. The zero-order valence-corrected chi connectivity index (χ0v) is 59.4. The van der Waals surface area contributed by atoms with Crippen LogP contribution in [-0.2, 0) is 18.4 Å². The van der Waals surface area contributed by atoms with Crippen LogP contribution in [0, 0.1) is 0 Å². The van der Waals surface area contributed by atoms with Crippen molar-refractivity contribution in [1.82, 2.24) is 5.32 Å². The van der Waals surface area contributed by atoms with Crippen LogP contribution in [0.3, 0.4) is 0 Å². The average Bonchev–Trinajstić information content (AvgIpc) is 3.70. The number of rotatable bonds is 72. The Kier molecular flexibility index (Phi) is 67.1. The largest absolute Gasteiger partial charge is 0.756 e.